The van der Waals surface area contributed by atoms with E-state index in [0.717, 1.165) is 11.1 Å². The zero-order valence-electron chi connectivity index (χ0n) is 13.1. The fourth-order valence-electron chi connectivity index (χ4n) is 2.30. The summed E-state index contributed by atoms with van der Waals surface area (Å²) in [5, 5.41) is 4.19. The molecular formula is C18H19Cl2NO2. The molecule has 2 aromatic rings. The van der Waals surface area contributed by atoms with Gasteiger partial charge in [0.25, 0.3) is 0 Å². The minimum atomic E-state index is -0.0827. The number of halogens is 2. The third-order valence-electron chi connectivity index (χ3n) is 3.58. The summed E-state index contributed by atoms with van der Waals surface area (Å²) in [6.45, 7) is 1.94. The van der Waals surface area contributed by atoms with Crippen molar-refractivity contribution in [1.29, 1.82) is 0 Å². The number of aryl methyl sites for hydroxylation is 1. The van der Waals surface area contributed by atoms with Crippen molar-refractivity contribution in [2.75, 3.05) is 7.11 Å². The highest BCUT2D eigenvalue weighted by Gasteiger charge is 2.10. The van der Waals surface area contributed by atoms with Crippen LogP contribution in [-0.2, 0) is 11.2 Å². The molecule has 3 nitrogen and oxygen atoms in total. The Hall–Kier alpha value is -1.71. The van der Waals surface area contributed by atoms with Crippen LogP contribution in [0.15, 0.2) is 42.5 Å². The Morgan fingerprint density at radius 2 is 2.00 bits per heavy atom. The SMILES string of the molecule is COc1ccc(CCC(=O)NC(C)c2cccc(Cl)c2)cc1Cl. The normalized spacial score (nSPS) is 11.8. The average molecular weight is 352 g/mol. The lowest BCUT2D eigenvalue weighted by Crippen LogP contribution is -2.26. The maximum Gasteiger partial charge on any atom is 0.220 e. The van der Waals surface area contributed by atoms with Gasteiger partial charge in [-0.1, -0.05) is 41.4 Å². The van der Waals surface area contributed by atoms with Gasteiger partial charge < -0.3 is 10.1 Å². The van der Waals surface area contributed by atoms with Gasteiger partial charge in [-0.15, -0.1) is 0 Å². The molecule has 0 saturated heterocycles. The molecule has 0 spiro atoms. The summed E-state index contributed by atoms with van der Waals surface area (Å²) in [5.41, 5.74) is 1.99. The second kappa shape index (κ2) is 8.23. The van der Waals surface area contributed by atoms with Gasteiger partial charge in [-0.2, -0.15) is 0 Å². The number of benzene rings is 2. The Morgan fingerprint density at radius 1 is 1.22 bits per heavy atom. The van der Waals surface area contributed by atoms with Crippen LogP contribution in [-0.4, -0.2) is 13.0 Å². The highest BCUT2D eigenvalue weighted by atomic mass is 35.5. The summed E-state index contributed by atoms with van der Waals surface area (Å²) in [6.07, 6.45) is 1.02. The Balaban J connectivity index is 1.88. The molecule has 1 amide bonds. The van der Waals surface area contributed by atoms with Crippen LogP contribution < -0.4 is 10.1 Å². The number of hydrogen-bond donors (Lipinski definition) is 1. The summed E-state index contributed by atoms with van der Waals surface area (Å²) >= 11 is 12.1. The van der Waals surface area contributed by atoms with Gasteiger partial charge in [-0.3, -0.25) is 4.79 Å². The van der Waals surface area contributed by atoms with Crippen molar-refractivity contribution in [3.8, 4) is 5.75 Å². The molecule has 2 aromatic carbocycles. The van der Waals surface area contributed by atoms with Crippen LogP contribution in [0.4, 0.5) is 0 Å². The lowest BCUT2D eigenvalue weighted by atomic mass is 10.1. The summed E-state index contributed by atoms with van der Waals surface area (Å²) in [7, 11) is 1.57. The van der Waals surface area contributed by atoms with Gasteiger partial charge >= 0.3 is 0 Å². The smallest absolute Gasteiger partial charge is 0.220 e. The second-order valence-corrected chi connectivity index (χ2v) is 6.16. The number of ether oxygens (including phenoxy) is 1. The molecule has 1 unspecified atom stereocenters. The van der Waals surface area contributed by atoms with Crippen LogP contribution in [0.25, 0.3) is 0 Å². The predicted molar refractivity (Wildman–Crippen MR) is 94.3 cm³/mol. The molecule has 0 saturated carbocycles. The first-order valence-electron chi connectivity index (χ1n) is 7.37. The third-order valence-corrected chi connectivity index (χ3v) is 4.11. The first-order valence-corrected chi connectivity index (χ1v) is 8.12. The number of nitrogens with one attached hydrogen (secondary N) is 1. The van der Waals surface area contributed by atoms with E-state index in [1.807, 2.05) is 49.4 Å². The fourth-order valence-corrected chi connectivity index (χ4v) is 2.78. The summed E-state index contributed by atoms with van der Waals surface area (Å²) in [6, 6.07) is 13.0. The molecule has 2 rings (SSSR count). The topological polar surface area (TPSA) is 38.3 Å². The number of methoxy groups -OCH3 is 1. The fraction of sp³-hybridized carbons (Fsp3) is 0.278. The minimum absolute atomic E-state index is 0.00980. The van der Waals surface area contributed by atoms with E-state index in [9.17, 15) is 4.79 Å². The highest BCUT2D eigenvalue weighted by molar-refractivity contribution is 6.32. The van der Waals surface area contributed by atoms with Gasteiger partial charge in [0.15, 0.2) is 0 Å². The van der Waals surface area contributed by atoms with E-state index in [4.69, 9.17) is 27.9 Å². The molecule has 0 aromatic heterocycles. The summed E-state index contributed by atoms with van der Waals surface area (Å²) in [5.74, 6) is 0.624. The van der Waals surface area contributed by atoms with Gasteiger partial charge in [0.05, 0.1) is 18.2 Å². The van der Waals surface area contributed by atoms with E-state index in [0.29, 0.717) is 28.6 Å². The standard InChI is InChI=1S/C18H19Cl2NO2/c1-12(14-4-3-5-15(19)11-14)21-18(22)9-7-13-6-8-17(23-2)16(20)10-13/h3-6,8,10-12H,7,9H2,1-2H3,(H,21,22). The number of rotatable bonds is 6. The van der Waals surface area contributed by atoms with Gasteiger partial charge in [0.2, 0.25) is 5.91 Å². The largest absolute Gasteiger partial charge is 0.495 e. The van der Waals surface area contributed by atoms with Crippen LogP contribution in [0.5, 0.6) is 5.75 Å². The number of hydrogen-bond acceptors (Lipinski definition) is 2. The van der Waals surface area contributed by atoms with E-state index >= 15 is 0 Å². The van der Waals surface area contributed by atoms with E-state index < -0.39 is 0 Å². The van der Waals surface area contributed by atoms with Crippen molar-refractivity contribution in [2.45, 2.75) is 25.8 Å². The van der Waals surface area contributed by atoms with E-state index in [1.54, 1.807) is 7.11 Å². The molecule has 23 heavy (non-hydrogen) atoms. The second-order valence-electron chi connectivity index (χ2n) is 5.31. The summed E-state index contributed by atoms with van der Waals surface area (Å²) < 4.78 is 5.11. The molecule has 122 valence electrons. The molecule has 0 aliphatic heterocycles. The van der Waals surface area contributed by atoms with E-state index in [1.165, 1.54) is 0 Å². The molecule has 5 heteroatoms. The van der Waals surface area contributed by atoms with Crippen molar-refractivity contribution in [3.05, 3.63) is 63.6 Å². The molecule has 0 fully saturated rings. The van der Waals surface area contributed by atoms with Crippen LogP contribution in [0.3, 0.4) is 0 Å². The Labute approximate surface area is 146 Å². The third kappa shape index (κ3) is 5.15. The molecule has 0 aliphatic rings. The lowest BCUT2D eigenvalue weighted by molar-refractivity contribution is -0.121. The molecule has 0 aliphatic carbocycles. The van der Waals surface area contributed by atoms with Crippen LogP contribution in [0.2, 0.25) is 10.0 Å². The zero-order chi connectivity index (χ0) is 16.8. The van der Waals surface area contributed by atoms with Gasteiger partial charge in [0, 0.05) is 11.4 Å². The van der Waals surface area contributed by atoms with E-state index in [2.05, 4.69) is 5.32 Å². The van der Waals surface area contributed by atoms with Crippen LogP contribution in [0, 0.1) is 0 Å². The monoisotopic (exact) mass is 351 g/mol. The lowest BCUT2D eigenvalue weighted by Gasteiger charge is -2.14. The van der Waals surface area contributed by atoms with Crippen molar-refractivity contribution >= 4 is 29.1 Å². The zero-order valence-corrected chi connectivity index (χ0v) is 14.6. The molecule has 1 N–H and O–H groups in total. The first kappa shape index (κ1) is 17.6. The molecule has 0 bridgehead atoms. The van der Waals surface area contributed by atoms with Gasteiger partial charge in [-0.05, 0) is 48.7 Å². The Bertz CT molecular complexity index is 688. The molecule has 1 atom stereocenters. The van der Waals surface area contributed by atoms with Crippen LogP contribution in [0.1, 0.15) is 30.5 Å². The minimum Gasteiger partial charge on any atom is -0.495 e. The average Bonchev–Trinajstić information content (AvgIpc) is 2.53. The highest BCUT2D eigenvalue weighted by Crippen LogP contribution is 2.25. The van der Waals surface area contributed by atoms with Gasteiger partial charge in [0.1, 0.15) is 5.75 Å². The van der Waals surface area contributed by atoms with Crippen LogP contribution >= 0.6 is 23.2 Å². The molecular weight excluding hydrogens is 333 g/mol. The van der Waals surface area contributed by atoms with Gasteiger partial charge in [-0.25, -0.2) is 0 Å². The number of carbonyl (C=O) groups excluding carboxylic acids is 1. The van der Waals surface area contributed by atoms with Crippen molar-refractivity contribution in [2.24, 2.45) is 0 Å². The molecule has 0 heterocycles. The maximum absolute atomic E-state index is 12.1. The quantitative estimate of drug-likeness (QED) is 0.810. The Kier molecular flexibility index (Phi) is 6.31. The van der Waals surface area contributed by atoms with Crippen molar-refractivity contribution in [1.82, 2.24) is 5.32 Å². The molecule has 0 radical (unpaired) electrons. The summed E-state index contributed by atoms with van der Waals surface area (Å²) in [4.78, 5) is 12.1. The maximum atomic E-state index is 12.1. The Morgan fingerprint density at radius 3 is 2.65 bits per heavy atom. The van der Waals surface area contributed by atoms with Crippen molar-refractivity contribution < 1.29 is 9.53 Å². The predicted octanol–water partition coefficient (Wildman–Crippen LogP) is 4.81. The first-order chi connectivity index (χ1) is 11.0. The number of amides is 1. The number of carbonyl (C=O) groups is 1. The van der Waals surface area contributed by atoms with Crippen molar-refractivity contribution in [3.63, 3.8) is 0 Å². The van der Waals surface area contributed by atoms with E-state index in [-0.39, 0.29) is 11.9 Å².